The molecule has 0 spiro atoms. The number of anilines is 1. The average molecular weight is 557 g/mol. The fourth-order valence-corrected chi connectivity index (χ4v) is 6.76. The summed E-state index contributed by atoms with van der Waals surface area (Å²) < 4.78 is 0. The van der Waals surface area contributed by atoms with Gasteiger partial charge in [-0.15, -0.1) is 0 Å². The van der Waals surface area contributed by atoms with E-state index in [1.807, 2.05) is 7.05 Å². The number of benzene rings is 1. The van der Waals surface area contributed by atoms with Gasteiger partial charge in [0.25, 0.3) is 0 Å². The molecule has 2 saturated carbocycles. The predicted octanol–water partition coefficient (Wildman–Crippen LogP) is 8.47. The number of unbranched alkanes of at least 4 members (excludes halogenated alkanes) is 10. The second-order valence-electron chi connectivity index (χ2n) is 12.8. The van der Waals surface area contributed by atoms with E-state index in [0.717, 1.165) is 44.5 Å². The lowest BCUT2D eigenvalue weighted by Crippen LogP contribution is -2.45. The number of rotatable bonds is 18. The Morgan fingerprint density at radius 1 is 0.800 bits per heavy atom. The summed E-state index contributed by atoms with van der Waals surface area (Å²) in [6.07, 6.45) is 22.7. The summed E-state index contributed by atoms with van der Waals surface area (Å²) in [6.45, 7) is 5.97. The van der Waals surface area contributed by atoms with Gasteiger partial charge in [0, 0.05) is 30.1 Å². The molecule has 3 aliphatic rings. The zero-order valence-corrected chi connectivity index (χ0v) is 25.4. The number of hydrogen-bond acceptors (Lipinski definition) is 2. The molecule has 3 N–H and O–H groups in total. The van der Waals surface area contributed by atoms with Crippen molar-refractivity contribution in [1.82, 2.24) is 16.0 Å². The summed E-state index contributed by atoms with van der Waals surface area (Å²) >= 11 is 0. The van der Waals surface area contributed by atoms with E-state index in [1.165, 1.54) is 76.2 Å². The highest BCUT2D eigenvalue weighted by Crippen LogP contribution is 2.71. The lowest BCUT2D eigenvalue weighted by molar-refractivity contribution is 0.236. The lowest BCUT2D eigenvalue weighted by atomic mass is 9.87. The number of fused-ring (bicyclic) bond motifs is 3. The molecule has 40 heavy (non-hydrogen) atoms. The maximum absolute atomic E-state index is 12.6. The fourth-order valence-electron chi connectivity index (χ4n) is 6.76. The van der Waals surface area contributed by atoms with Gasteiger partial charge in [-0.2, -0.15) is 0 Å². The van der Waals surface area contributed by atoms with E-state index < -0.39 is 0 Å². The molecule has 6 heteroatoms. The number of allylic oxidation sites excluding steroid dienone is 1. The molecule has 228 valence electrons. The van der Waals surface area contributed by atoms with Gasteiger partial charge in [0.05, 0.1) is 5.54 Å². The summed E-state index contributed by atoms with van der Waals surface area (Å²) in [6, 6.07) is 8.44. The van der Waals surface area contributed by atoms with Gasteiger partial charge in [-0.3, -0.25) is 4.90 Å². The zero-order chi connectivity index (χ0) is 28.4. The highest BCUT2D eigenvalue weighted by atomic mass is 16.2. The van der Waals surface area contributed by atoms with E-state index in [-0.39, 0.29) is 27.3 Å². The molecule has 0 aliphatic heterocycles. The van der Waals surface area contributed by atoms with Crippen LogP contribution >= 0.6 is 0 Å². The van der Waals surface area contributed by atoms with E-state index in [4.69, 9.17) is 0 Å². The number of carbonyl (C=O) groups is 2. The molecule has 1 aromatic rings. The van der Waals surface area contributed by atoms with Crippen LogP contribution in [0.1, 0.15) is 114 Å². The number of nitrogens with zero attached hydrogens (tertiary/aromatic N) is 1. The van der Waals surface area contributed by atoms with Gasteiger partial charge in [-0.25, -0.2) is 9.59 Å². The molecule has 0 bridgehead atoms. The largest absolute Gasteiger partial charge is 0.338 e. The fraction of sp³-hybridized carbons (Fsp3) is 0.706. The summed E-state index contributed by atoms with van der Waals surface area (Å²) in [5.74, 6) is 1.23. The van der Waals surface area contributed by atoms with Crippen molar-refractivity contribution in [2.75, 3.05) is 25.0 Å². The molecule has 2 fully saturated rings. The minimum atomic E-state index is -0.120. The van der Waals surface area contributed by atoms with Gasteiger partial charge in [0.15, 0.2) is 0 Å². The van der Waals surface area contributed by atoms with E-state index in [1.54, 1.807) is 4.90 Å². The van der Waals surface area contributed by atoms with Crippen LogP contribution in [0.25, 0.3) is 0 Å². The first-order valence-electron chi connectivity index (χ1n) is 16.3. The molecular weight excluding hydrogens is 496 g/mol. The van der Waals surface area contributed by atoms with Gasteiger partial charge in [0.2, 0.25) is 0 Å². The number of hydrogen-bond donors (Lipinski definition) is 3. The Balaban J connectivity index is 0.00000308. The van der Waals surface area contributed by atoms with E-state index >= 15 is 0 Å². The Labute approximate surface area is 247 Å². The highest BCUT2D eigenvalue weighted by Gasteiger charge is 2.70. The quantitative estimate of drug-likeness (QED) is 0.125. The molecule has 4 atom stereocenters. The van der Waals surface area contributed by atoms with Crippen molar-refractivity contribution in [1.29, 1.82) is 0 Å². The molecule has 6 nitrogen and oxygen atoms in total. The molecular formula is C34H60N4O2. The molecule has 1 aromatic carbocycles. The third kappa shape index (κ3) is 8.04. The first-order valence-corrected chi connectivity index (χ1v) is 16.3. The van der Waals surface area contributed by atoms with Crippen LogP contribution in [0.2, 0.25) is 0 Å². The second kappa shape index (κ2) is 14.4. The van der Waals surface area contributed by atoms with Crippen molar-refractivity contribution in [2.24, 2.45) is 17.3 Å². The van der Waals surface area contributed by atoms with Crippen LogP contribution in [-0.2, 0) is 6.42 Å². The van der Waals surface area contributed by atoms with Crippen molar-refractivity contribution >= 4 is 17.7 Å². The smallest absolute Gasteiger partial charge is 0.321 e. The number of carbonyl (C=O) groups excluding carboxylic acids is 2. The van der Waals surface area contributed by atoms with Crippen molar-refractivity contribution in [2.45, 2.75) is 116 Å². The summed E-state index contributed by atoms with van der Waals surface area (Å²) in [5.41, 5.74) is 2.36. The molecule has 4 amide bonds. The molecule has 0 radical (unpaired) electrons. The second-order valence-corrected chi connectivity index (χ2v) is 12.8. The van der Waals surface area contributed by atoms with Gasteiger partial charge in [-0.05, 0) is 67.1 Å². The molecule has 3 aliphatic carbocycles. The van der Waals surface area contributed by atoms with Crippen molar-refractivity contribution in [3.8, 4) is 0 Å². The number of urea groups is 2. The Morgan fingerprint density at radius 2 is 1.40 bits per heavy atom. The van der Waals surface area contributed by atoms with Crippen LogP contribution in [-0.4, -0.2) is 37.7 Å². The molecule has 0 saturated heterocycles. The first kappa shape index (κ1) is 30.5. The average Bonchev–Trinajstić information content (AvgIpc) is 3.85. The molecule has 0 heterocycles. The Morgan fingerprint density at radius 3 is 2.05 bits per heavy atom. The normalized spacial score (nSPS) is 25.5. The van der Waals surface area contributed by atoms with E-state index in [0.29, 0.717) is 11.8 Å². The van der Waals surface area contributed by atoms with Crippen LogP contribution in [0.5, 0.6) is 0 Å². The summed E-state index contributed by atoms with van der Waals surface area (Å²) in [4.78, 5) is 26.8. The van der Waals surface area contributed by atoms with Crippen molar-refractivity contribution in [3.63, 3.8) is 0 Å². The van der Waals surface area contributed by atoms with E-state index in [2.05, 4.69) is 66.2 Å². The van der Waals surface area contributed by atoms with Gasteiger partial charge in [0.1, 0.15) is 0 Å². The Hall–Kier alpha value is -2.50. The van der Waals surface area contributed by atoms with Crippen LogP contribution in [0.4, 0.5) is 15.3 Å². The molecule has 4 rings (SSSR count). The van der Waals surface area contributed by atoms with Crippen LogP contribution in [0, 0.1) is 17.3 Å². The van der Waals surface area contributed by atoms with Gasteiger partial charge < -0.3 is 16.0 Å². The lowest BCUT2D eigenvalue weighted by Gasteiger charge is -2.24. The standard InChI is InChI=1S/C34H54N4O2.3H2/c1-4-6-8-10-12-14-22-35-31(39)37-34-21-20-33(25-29(33)30(34)26-34)24-27-16-18-28(19-17-27)38(3)32(40)36-23-15-13-11-9-7-5-2;;;/h16-21,29-30H,4-15,22-26H2,1-3H3,(H,36,40)(H2,35,37,39);3*1H. The number of amides is 4. The minimum absolute atomic E-state index is 0. The predicted molar refractivity (Wildman–Crippen MR) is 172 cm³/mol. The minimum Gasteiger partial charge on any atom is -0.338 e. The van der Waals surface area contributed by atoms with Crippen LogP contribution in [0.15, 0.2) is 36.4 Å². The summed E-state index contributed by atoms with van der Waals surface area (Å²) in [5, 5.41) is 9.44. The first-order chi connectivity index (χ1) is 19.4. The van der Waals surface area contributed by atoms with Gasteiger partial charge >= 0.3 is 12.1 Å². The van der Waals surface area contributed by atoms with E-state index in [9.17, 15) is 9.59 Å². The van der Waals surface area contributed by atoms with Crippen molar-refractivity contribution < 1.29 is 13.9 Å². The third-order valence-electron chi connectivity index (χ3n) is 9.57. The van der Waals surface area contributed by atoms with Crippen molar-refractivity contribution in [3.05, 3.63) is 42.0 Å². The Bertz CT molecular complexity index is 1010. The summed E-state index contributed by atoms with van der Waals surface area (Å²) in [7, 11) is 1.84. The monoisotopic (exact) mass is 556 g/mol. The van der Waals surface area contributed by atoms with Crippen LogP contribution in [0.3, 0.4) is 0 Å². The Kier molecular flexibility index (Phi) is 11.0. The highest BCUT2D eigenvalue weighted by molar-refractivity contribution is 5.91. The molecule has 0 aromatic heterocycles. The van der Waals surface area contributed by atoms with Crippen LogP contribution < -0.4 is 20.9 Å². The maximum Gasteiger partial charge on any atom is 0.321 e. The maximum atomic E-state index is 12.6. The zero-order valence-electron chi connectivity index (χ0n) is 25.4. The molecule has 4 unspecified atom stereocenters. The topological polar surface area (TPSA) is 73.5 Å². The SMILES string of the molecule is CCCCCCCCNC(=O)NC12C=CC3(Cc4ccc(N(C)C(=O)NCCCCCCCC)cc4)CC3C1C2.[HH].[HH].[HH]. The van der Waals surface area contributed by atoms with Gasteiger partial charge in [-0.1, -0.05) is 102 Å². The number of nitrogens with one attached hydrogen (secondary N) is 3. The third-order valence-corrected chi connectivity index (χ3v) is 9.57.